The van der Waals surface area contributed by atoms with Gasteiger partial charge in [0.25, 0.3) is 0 Å². The fourth-order valence-corrected chi connectivity index (χ4v) is 5.29. The van der Waals surface area contributed by atoms with Crippen molar-refractivity contribution in [3.8, 4) is 0 Å². The highest BCUT2D eigenvalue weighted by molar-refractivity contribution is 8.26. The fraction of sp³-hybridized carbons (Fsp3) is 0.640. The Morgan fingerprint density at radius 3 is 2.44 bits per heavy atom. The Morgan fingerprint density at radius 1 is 1.16 bits per heavy atom. The minimum atomic E-state index is -0.805. The Morgan fingerprint density at radius 2 is 1.84 bits per heavy atom. The summed E-state index contributed by atoms with van der Waals surface area (Å²) in [5.74, 6) is -0.0849. The fourth-order valence-electron chi connectivity index (χ4n) is 4.51. The molecule has 1 atom stereocenters. The number of nitrogens with one attached hydrogen (secondary N) is 3. The van der Waals surface area contributed by atoms with Crippen molar-refractivity contribution in [1.29, 1.82) is 10.8 Å². The number of aliphatic carboxylic acids is 1. The van der Waals surface area contributed by atoms with E-state index in [-0.39, 0.29) is 17.5 Å². The lowest BCUT2D eigenvalue weighted by atomic mass is 9.92. The molecule has 3 rings (SSSR count). The molecule has 6 nitrogen and oxygen atoms in total. The number of nitrogens with zero attached hydrogens (tertiary/aromatic N) is 1. The number of carboxylic acid groups (broad SMARTS) is 1. The van der Waals surface area contributed by atoms with Crippen molar-refractivity contribution in [2.75, 3.05) is 16.8 Å². The van der Waals surface area contributed by atoms with E-state index in [1.54, 1.807) is 0 Å². The summed E-state index contributed by atoms with van der Waals surface area (Å²) in [5, 5.41) is 30.0. The molecule has 1 aromatic rings. The Hall–Kier alpha value is -2.02. The predicted octanol–water partition coefficient (Wildman–Crippen LogP) is 6.53. The standard InChI is InChI=1S/C25H38N4O2S/c1-16(2)15-29(20-7-5-4-6-8-20)22-12-11-19(17(3)13-23(30)31)14-21(22)28-25(27)32-24(26)18-9-10-18/h11-12,14,16-18,20,26H,4-10,13,15H2,1-3H3,(H2,27,28)(H,30,31)/t17-/m1/s1. The van der Waals surface area contributed by atoms with Crippen LogP contribution >= 0.6 is 11.8 Å². The van der Waals surface area contributed by atoms with Crippen LogP contribution in [0.2, 0.25) is 0 Å². The summed E-state index contributed by atoms with van der Waals surface area (Å²) >= 11 is 1.20. The topological polar surface area (TPSA) is 100 Å². The molecule has 0 aliphatic heterocycles. The normalized spacial score (nSPS) is 17.8. The van der Waals surface area contributed by atoms with E-state index in [0.29, 0.717) is 22.9 Å². The van der Waals surface area contributed by atoms with Crippen molar-refractivity contribution in [3.63, 3.8) is 0 Å². The Labute approximate surface area is 196 Å². The first-order valence-electron chi connectivity index (χ1n) is 12.0. The summed E-state index contributed by atoms with van der Waals surface area (Å²) in [6.45, 7) is 7.35. The summed E-state index contributed by atoms with van der Waals surface area (Å²) in [4.78, 5) is 13.8. The number of hydrogen-bond acceptors (Lipinski definition) is 5. The molecular formula is C25H38N4O2S. The third-order valence-electron chi connectivity index (χ3n) is 6.37. The van der Waals surface area contributed by atoms with Crippen molar-refractivity contribution in [3.05, 3.63) is 23.8 Å². The molecule has 1 aromatic carbocycles. The molecule has 2 aliphatic carbocycles. The van der Waals surface area contributed by atoms with Gasteiger partial charge < -0.3 is 15.3 Å². The molecular weight excluding hydrogens is 420 g/mol. The number of carboxylic acids is 1. The van der Waals surface area contributed by atoms with Crippen molar-refractivity contribution < 1.29 is 9.90 Å². The highest BCUT2D eigenvalue weighted by atomic mass is 32.2. The maximum absolute atomic E-state index is 11.3. The van der Waals surface area contributed by atoms with E-state index in [2.05, 4.69) is 30.1 Å². The number of anilines is 2. The number of carbonyl (C=O) groups is 1. The van der Waals surface area contributed by atoms with E-state index in [1.165, 1.54) is 43.9 Å². The van der Waals surface area contributed by atoms with Crippen molar-refractivity contribution >= 4 is 39.3 Å². The molecule has 0 spiro atoms. The molecule has 2 aliphatic rings. The second-order valence-corrected chi connectivity index (χ2v) is 10.9. The van der Waals surface area contributed by atoms with Gasteiger partial charge >= 0.3 is 5.97 Å². The summed E-state index contributed by atoms with van der Waals surface area (Å²) in [6, 6.07) is 6.67. The Balaban J connectivity index is 1.90. The molecule has 176 valence electrons. The van der Waals surface area contributed by atoms with Gasteiger partial charge in [-0.3, -0.25) is 15.6 Å². The van der Waals surface area contributed by atoms with Crippen molar-refractivity contribution in [2.24, 2.45) is 11.8 Å². The zero-order chi connectivity index (χ0) is 23.3. The summed E-state index contributed by atoms with van der Waals surface area (Å²) in [7, 11) is 0. The smallest absolute Gasteiger partial charge is 0.303 e. The van der Waals surface area contributed by atoms with Gasteiger partial charge in [-0.25, -0.2) is 0 Å². The summed E-state index contributed by atoms with van der Waals surface area (Å²) in [5.41, 5.74) is 2.90. The first-order valence-corrected chi connectivity index (χ1v) is 12.8. The lowest BCUT2D eigenvalue weighted by Gasteiger charge is -2.38. The molecule has 0 heterocycles. The van der Waals surface area contributed by atoms with Gasteiger partial charge in [0, 0.05) is 18.5 Å². The van der Waals surface area contributed by atoms with Crippen LogP contribution in [-0.2, 0) is 4.79 Å². The zero-order valence-electron chi connectivity index (χ0n) is 19.6. The largest absolute Gasteiger partial charge is 0.481 e. The van der Waals surface area contributed by atoms with Crippen molar-refractivity contribution in [2.45, 2.75) is 84.1 Å². The molecule has 32 heavy (non-hydrogen) atoms. The third-order valence-corrected chi connectivity index (χ3v) is 7.22. The van der Waals surface area contributed by atoms with Crippen LogP contribution in [0.5, 0.6) is 0 Å². The lowest BCUT2D eigenvalue weighted by Crippen LogP contribution is -2.40. The van der Waals surface area contributed by atoms with Gasteiger partial charge in [-0.1, -0.05) is 46.1 Å². The molecule has 2 fully saturated rings. The monoisotopic (exact) mass is 458 g/mol. The molecule has 4 N–H and O–H groups in total. The van der Waals surface area contributed by atoms with E-state index in [9.17, 15) is 9.90 Å². The van der Waals surface area contributed by atoms with Gasteiger partial charge in [0.2, 0.25) is 0 Å². The number of benzene rings is 1. The van der Waals surface area contributed by atoms with Gasteiger partial charge in [0.1, 0.15) is 0 Å². The second-order valence-electron chi connectivity index (χ2n) is 9.81. The average molecular weight is 459 g/mol. The number of hydrogen-bond donors (Lipinski definition) is 4. The molecule has 0 aromatic heterocycles. The van der Waals surface area contributed by atoms with Crippen LogP contribution in [0.15, 0.2) is 18.2 Å². The Bertz CT molecular complexity index is 831. The zero-order valence-corrected chi connectivity index (χ0v) is 20.4. The average Bonchev–Trinajstić information content (AvgIpc) is 3.57. The first kappa shape index (κ1) is 24.6. The van der Waals surface area contributed by atoms with Crippen LogP contribution in [0.25, 0.3) is 0 Å². The van der Waals surface area contributed by atoms with Crippen LogP contribution in [0.3, 0.4) is 0 Å². The van der Waals surface area contributed by atoms with Crippen LogP contribution in [0.1, 0.15) is 83.6 Å². The van der Waals surface area contributed by atoms with E-state index >= 15 is 0 Å². The van der Waals surface area contributed by atoms with Crippen LogP contribution in [-0.4, -0.2) is 33.9 Å². The molecule has 0 amide bonds. The number of rotatable bonds is 9. The van der Waals surface area contributed by atoms with E-state index in [0.717, 1.165) is 36.3 Å². The van der Waals surface area contributed by atoms with Crippen LogP contribution < -0.4 is 10.2 Å². The SMILES string of the molecule is CC(C)CN(c1ccc([C@H](C)CC(=O)O)cc1NC(=N)SC(=N)C1CC1)C1CCCCC1. The van der Waals surface area contributed by atoms with E-state index in [4.69, 9.17) is 10.8 Å². The van der Waals surface area contributed by atoms with Crippen molar-refractivity contribution in [1.82, 2.24) is 0 Å². The molecule has 0 saturated heterocycles. The molecule has 0 unspecified atom stereocenters. The molecule has 7 heteroatoms. The van der Waals surface area contributed by atoms with E-state index in [1.807, 2.05) is 19.1 Å². The Kier molecular flexibility index (Phi) is 8.63. The minimum absolute atomic E-state index is 0.0790. The van der Waals surface area contributed by atoms with Gasteiger partial charge in [-0.05, 0) is 67.0 Å². The van der Waals surface area contributed by atoms with Gasteiger partial charge in [0.05, 0.1) is 22.8 Å². The third kappa shape index (κ3) is 6.99. The first-order chi connectivity index (χ1) is 15.2. The second kappa shape index (κ2) is 11.2. The minimum Gasteiger partial charge on any atom is -0.481 e. The number of amidine groups is 1. The number of thioether (sulfide) groups is 1. The van der Waals surface area contributed by atoms with Gasteiger partial charge in [0.15, 0.2) is 5.17 Å². The maximum atomic E-state index is 11.3. The van der Waals surface area contributed by atoms with Crippen LogP contribution in [0.4, 0.5) is 11.4 Å². The van der Waals surface area contributed by atoms with Gasteiger partial charge in [-0.15, -0.1) is 0 Å². The maximum Gasteiger partial charge on any atom is 0.303 e. The predicted molar refractivity (Wildman–Crippen MR) is 136 cm³/mol. The quantitative estimate of drug-likeness (QED) is 0.249. The van der Waals surface area contributed by atoms with E-state index < -0.39 is 5.97 Å². The van der Waals surface area contributed by atoms with Gasteiger partial charge in [-0.2, -0.15) is 0 Å². The molecule has 0 radical (unpaired) electrons. The highest BCUT2D eigenvalue weighted by Gasteiger charge is 2.29. The summed E-state index contributed by atoms with van der Waals surface area (Å²) < 4.78 is 0. The highest BCUT2D eigenvalue weighted by Crippen LogP contribution is 2.38. The molecule has 0 bridgehead atoms. The lowest BCUT2D eigenvalue weighted by molar-refractivity contribution is -0.137. The molecule has 2 saturated carbocycles. The van der Waals surface area contributed by atoms with Crippen LogP contribution in [0, 0.1) is 22.7 Å². The summed E-state index contributed by atoms with van der Waals surface area (Å²) in [6.07, 6.45) is 8.35.